The van der Waals surface area contributed by atoms with E-state index in [0.717, 1.165) is 17.7 Å². The Balaban J connectivity index is 1.66. The SMILES string of the molecule is COc1ccccc1S(=O)(=O)N1CCc2cc([Se]c3ccccc3)ccc21. The zero-order chi connectivity index (χ0) is 18.9. The summed E-state index contributed by atoms with van der Waals surface area (Å²) in [6, 6.07) is 23.3. The molecule has 0 atom stereocenters. The number of ether oxygens (including phenoxy) is 1. The van der Waals surface area contributed by atoms with Gasteiger partial charge in [-0.1, -0.05) is 0 Å². The Labute approximate surface area is 166 Å². The fourth-order valence-electron chi connectivity index (χ4n) is 3.24. The molecule has 1 aliphatic rings. The van der Waals surface area contributed by atoms with Crippen molar-refractivity contribution in [1.29, 1.82) is 0 Å². The maximum atomic E-state index is 13.2. The van der Waals surface area contributed by atoms with E-state index in [9.17, 15) is 8.42 Å². The van der Waals surface area contributed by atoms with Crippen molar-refractivity contribution < 1.29 is 13.2 Å². The molecule has 0 saturated heterocycles. The maximum absolute atomic E-state index is 13.2. The summed E-state index contributed by atoms with van der Waals surface area (Å²) in [4.78, 5) is 0.206. The van der Waals surface area contributed by atoms with Gasteiger partial charge in [0.25, 0.3) is 0 Å². The normalized spacial score (nSPS) is 13.4. The third-order valence-corrected chi connectivity index (χ3v) is 8.47. The zero-order valence-corrected chi connectivity index (χ0v) is 17.4. The van der Waals surface area contributed by atoms with Crippen molar-refractivity contribution in [1.82, 2.24) is 0 Å². The molecule has 138 valence electrons. The van der Waals surface area contributed by atoms with Crippen LogP contribution in [0, 0.1) is 0 Å². The van der Waals surface area contributed by atoms with Crippen molar-refractivity contribution in [2.24, 2.45) is 0 Å². The van der Waals surface area contributed by atoms with Gasteiger partial charge < -0.3 is 0 Å². The van der Waals surface area contributed by atoms with E-state index in [0.29, 0.717) is 12.3 Å². The van der Waals surface area contributed by atoms with Crippen molar-refractivity contribution in [3.05, 3.63) is 78.4 Å². The standard InChI is InChI=1S/C21H19NO3SSe/c1-25-20-9-5-6-10-21(20)26(23,24)22-14-13-16-15-18(11-12-19(16)22)27-17-7-3-2-4-8-17/h2-12,15H,13-14H2,1H3. The fraction of sp³-hybridized carbons (Fsp3) is 0.143. The van der Waals surface area contributed by atoms with Gasteiger partial charge in [-0.05, 0) is 0 Å². The van der Waals surface area contributed by atoms with E-state index in [2.05, 4.69) is 18.2 Å². The summed E-state index contributed by atoms with van der Waals surface area (Å²) in [5.41, 5.74) is 1.86. The average Bonchev–Trinajstić information content (AvgIpc) is 3.13. The summed E-state index contributed by atoms with van der Waals surface area (Å²) in [6.07, 6.45) is 0.725. The molecule has 0 N–H and O–H groups in total. The Kier molecular flexibility index (Phi) is 4.96. The van der Waals surface area contributed by atoms with E-state index in [1.165, 1.54) is 20.3 Å². The first-order chi connectivity index (χ1) is 13.1. The molecule has 0 bridgehead atoms. The van der Waals surface area contributed by atoms with Crippen LogP contribution in [0.4, 0.5) is 5.69 Å². The summed E-state index contributed by atoms with van der Waals surface area (Å²) in [7, 11) is -2.16. The van der Waals surface area contributed by atoms with Crippen LogP contribution in [0.1, 0.15) is 5.56 Å². The molecule has 27 heavy (non-hydrogen) atoms. The first-order valence-corrected chi connectivity index (χ1v) is 11.8. The Bertz CT molecular complexity index is 1070. The van der Waals surface area contributed by atoms with Gasteiger partial charge in [-0.25, -0.2) is 0 Å². The number of fused-ring (bicyclic) bond motifs is 1. The van der Waals surface area contributed by atoms with Gasteiger partial charge in [-0.15, -0.1) is 0 Å². The molecule has 4 rings (SSSR count). The van der Waals surface area contributed by atoms with Crippen molar-refractivity contribution in [3.63, 3.8) is 0 Å². The summed E-state index contributed by atoms with van der Waals surface area (Å²) < 4.78 is 35.7. The number of para-hydroxylation sites is 1. The molecule has 3 aromatic rings. The van der Waals surface area contributed by atoms with E-state index in [-0.39, 0.29) is 19.9 Å². The number of benzene rings is 3. The molecule has 1 heterocycles. The first kappa shape index (κ1) is 18.1. The van der Waals surface area contributed by atoms with Crippen LogP contribution in [0.5, 0.6) is 5.75 Å². The summed E-state index contributed by atoms with van der Waals surface area (Å²) in [6.45, 7) is 0.456. The second-order valence-corrected chi connectivity index (χ2v) is 10.4. The average molecular weight is 444 g/mol. The molecule has 0 aliphatic carbocycles. The molecule has 0 amide bonds. The van der Waals surface area contributed by atoms with Crippen LogP contribution in [0.2, 0.25) is 0 Å². The summed E-state index contributed by atoms with van der Waals surface area (Å²) in [5.74, 6) is 0.370. The first-order valence-electron chi connectivity index (χ1n) is 8.61. The van der Waals surface area contributed by atoms with Gasteiger partial charge in [0.2, 0.25) is 0 Å². The number of nitrogens with zero attached hydrogens (tertiary/aromatic N) is 1. The minimum atomic E-state index is -3.65. The van der Waals surface area contributed by atoms with Crippen molar-refractivity contribution in [2.75, 3.05) is 18.0 Å². The van der Waals surface area contributed by atoms with Gasteiger partial charge in [0.05, 0.1) is 0 Å². The molecule has 0 saturated carbocycles. The topological polar surface area (TPSA) is 46.6 Å². The van der Waals surface area contributed by atoms with Gasteiger partial charge >= 0.3 is 166 Å². The molecule has 1 aliphatic heterocycles. The number of hydrogen-bond donors (Lipinski definition) is 0. The van der Waals surface area contributed by atoms with Crippen molar-refractivity contribution in [2.45, 2.75) is 11.3 Å². The second kappa shape index (κ2) is 7.39. The Hall–Kier alpha value is -2.27. The molecule has 4 nitrogen and oxygen atoms in total. The molecule has 6 heteroatoms. The minimum absolute atomic E-state index is 0.206. The van der Waals surface area contributed by atoms with Crippen LogP contribution in [0.25, 0.3) is 0 Å². The van der Waals surface area contributed by atoms with Gasteiger partial charge in [0.1, 0.15) is 0 Å². The van der Waals surface area contributed by atoms with Crippen LogP contribution in [0.15, 0.2) is 77.7 Å². The second-order valence-electron chi connectivity index (χ2n) is 6.18. The van der Waals surface area contributed by atoms with E-state index in [1.54, 1.807) is 24.3 Å². The van der Waals surface area contributed by atoms with Gasteiger partial charge in [0, 0.05) is 0 Å². The number of anilines is 1. The van der Waals surface area contributed by atoms with Gasteiger partial charge in [-0.3, -0.25) is 0 Å². The number of rotatable bonds is 5. The van der Waals surface area contributed by atoms with E-state index < -0.39 is 10.0 Å². The Morgan fingerprint density at radius 1 is 0.926 bits per heavy atom. The molecule has 0 fully saturated rings. The quantitative estimate of drug-likeness (QED) is 0.567. The summed E-state index contributed by atoms with van der Waals surface area (Å²) in [5, 5.41) is 0. The number of methoxy groups -OCH3 is 1. The predicted molar refractivity (Wildman–Crippen MR) is 109 cm³/mol. The Morgan fingerprint density at radius 3 is 2.44 bits per heavy atom. The van der Waals surface area contributed by atoms with Crippen molar-refractivity contribution >= 4 is 39.6 Å². The number of hydrogen-bond acceptors (Lipinski definition) is 3. The molecule has 3 aromatic carbocycles. The molecule has 0 unspecified atom stereocenters. The number of sulfonamides is 1. The van der Waals surface area contributed by atoms with Crippen LogP contribution in [0.3, 0.4) is 0 Å². The fourth-order valence-corrected chi connectivity index (χ4v) is 6.79. The third kappa shape index (κ3) is 3.48. The monoisotopic (exact) mass is 445 g/mol. The van der Waals surface area contributed by atoms with Crippen molar-refractivity contribution in [3.8, 4) is 5.75 Å². The predicted octanol–water partition coefficient (Wildman–Crippen LogP) is 2.10. The third-order valence-electron chi connectivity index (χ3n) is 4.52. The molecule has 0 radical (unpaired) electrons. The van der Waals surface area contributed by atoms with Gasteiger partial charge in [0.15, 0.2) is 0 Å². The van der Waals surface area contributed by atoms with E-state index in [4.69, 9.17) is 4.74 Å². The van der Waals surface area contributed by atoms with E-state index in [1.807, 2.05) is 30.3 Å². The molecule has 0 aromatic heterocycles. The van der Waals surface area contributed by atoms with Crippen LogP contribution >= 0.6 is 0 Å². The van der Waals surface area contributed by atoms with Gasteiger partial charge in [-0.2, -0.15) is 0 Å². The van der Waals surface area contributed by atoms with E-state index >= 15 is 0 Å². The zero-order valence-electron chi connectivity index (χ0n) is 14.8. The van der Waals surface area contributed by atoms with Crippen LogP contribution in [-0.2, 0) is 16.4 Å². The molecule has 0 spiro atoms. The molecular weight excluding hydrogens is 425 g/mol. The Morgan fingerprint density at radius 2 is 1.67 bits per heavy atom. The van der Waals surface area contributed by atoms with Crippen LogP contribution < -0.4 is 18.0 Å². The molecular formula is C21H19NO3SSe. The summed E-state index contributed by atoms with van der Waals surface area (Å²) >= 11 is 0.214. The van der Waals surface area contributed by atoms with Crippen LogP contribution in [-0.4, -0.2) is 37.0 Å².